The van der Waals surface area contributed by atoms with E-state index in [9.17, 15) is 9.59 Å². The normalized spacial score (nSPS) is 17.2. The number of aryl methyl sites for hydroxylation is 1. The highest BCUT2D eigenvalue weighted by atomic mass is 32.1. The van der Waals surface area contributed by atoms with Gasteiger partial charge in [0, 0.05) is 43.5 Å². The fourth-order valence-corrected chi connectivity index (χ4v) is 5.95. The minimum atomic E-state index is -0.287. The lowest BCUT2D eigenvalue weighted by Crippen LogP contribution is -2.54. The van der Waals surface area contributed by atoms with Crippen LogP contribution in [0.4, 0.5) is 11.4 Å². The van der Waals surface area contributed by atoms with Crippen LogP contribution in [-0.4, -0.2) is 73.9 Å². The summed E-state index contributed by atoms with van der Waals surface area (Å²) in [5.74, 6) is 0.124. The van der Waals surface area contributed by atoms with E-state index >= 15 is 0 Å². The maximum atomic E-state index is 13.2. The smallest absolute Gasteiger partial charge is 0.260 e. The first-order chi connectivity index (χ1) is 18.2. The van der Waals surface area contributed by atoms with Crippen molar-refractivity contribution in [2.45, 2.75) is 27.3 Å². The molecule has 12 heteroatoms. The summed E-state index contributed by atoms with van der Waals surface area (Å²) in [5, 5.41) is 14.7. The van der Waals surface area contributed by atoms with Crippen LogP contribution in [0.15, 0.2) is 37.1 Å². The van der Waals surface area contributed by atoms with E-state index in [4.69, 9.17) is 4.74 Å². The van der Waals surface area contributed by atoms with E-state index in [1.165, 1.54) is 11.3 Å². The number of hydrogen-bond acceptors (Lipinski definition) is 8. The topological polar surface area (TPSA) is 119 Å². The molecule has 6 rings (SSSR count). The van der Waals surface area contributed by atoms with Gasteiger partial charge in [0.1, 0.15) is 4.83 Å². The molecule has 0 aliphatic carbocycles. The average molecular weight is 535 g/mol. The number of nitrogens with zero attached hydrogens (tertiary/aromatic N) is 6. The molecule has 6 heterocycles. The van der Waals surface area contributed by atoms with Crippen LogP contribution in [0.3, 0.4) is 0 Å². The number of thiazole rings is 1. The SMILES string of the molecule is Cc1ncc(NC(=O)CN2CC(C)(C)C2)cc1NC(=O)c1cnn2cc(-c3cnn(CC4COC4)c3)sc12. The van der Waals surface area contributed by atoms with Crippen molar-refractivity contribution < 1.29 is 14.3 Å². The molecule has 2 amide bonds. The van der Waals surface area contributed by atoms with E-state index in [0.29, 0.717) is 35.1 Å². The van der Waals surface area contributed by atoms with Gasteiger partial charge >= 0.3 is 0 Å². The van der Waals surface area contributed by atoms with E-state index in [1.54, 1.807) is 23.0 Å². The Morgan fingerprint density at radius 3 is 2.68 bits per heavy atom. The summed E-state index contributed by atoms with van der Waals surface area (Å²) in [6.45, 7) is 10.7. The number of anilines is 2. The Kier molecular flexibility index (Phi) is 6.25. The van der Waals surface area contributed by atoms with Gasteiger partial charge in [-0.25, -0.2) is 4.52 Å². The molecule has 2 fully saturated rings. The minimum absolute atomic E-state index is 0.0998. The average Bonchev–Trinajstić information content (AvgIpc) is 3.52. The van der Waals surface area contributed by atoms with Gasteiger partial charge in [-0.1, -0.05) is 13.8 Å². The van der Waals surface area contributed by atoms with E-state index in [0.717, 1.165) is 48.1 Å². The van der Waals surface area contributed by atoms with Gasteiger partial charge in [0.15, 0.2) is 0 Å². The van der Waals surface area contributed by atoms with Gasteiger partial charge in [-0.2, -0.15) is 10.2 Å². The third-order valence-electron chi connectivity index (χ3n) is 6.80. The standard InChI is InChI=1S/C26H30N8O3S/c1-16-21(4-19(6-27-16)30-23(35)11-32-14-26(2,3)15-32)31-24(36)20-7-29-34-10-22(38-25(20)34)18-5-28-33(9-18)8-17-12-37-13-17/h4-7,9-10,17H,8,11-15H2,1-3H3,(H,30,35)(H,31,36). The molecule has 0 aromatic carbocycles. The Bertz CT molecular complexity index is 1510. The first-order valence-corrected chi connectivity index (χ1v) is 13.4. The summed E-state index contributed by atoms with van der Waals surface area (Å²) in [7, 11) is 0. The fraction of sp³-hybridized carbons (Fsp3) is 0.423. The number of rotatable bonds is 8. The Morgan fingerprint density at radius 1 is 1.13 bits per heavy atom. The predicted molar refractivity (Wildman–Crippen MR) is 144 cm³/mol. The van der Waals surface area contributed by atoms with Gasteiger partial charge < -0.3 is 15.4 Å². The zero-order valence-corrected chi connectivity index (χ0v) is 22.4. The largest absolute Gasteiger partial charge is 0.381 e. The molecule has 0 saturated carbocycles. The van der Waals surface area contributed by atoms with Crippen LogP contribution in [0.5, 0.6) is 0 Å². The summed E-state index contributed by atoms with van der Waals surface area (Å²) in [4.78, 5) is 33.9. The number of hydrogen-bond donors (Lipinski definition) is 2. The molecule has 198 valence electrons. The quantitative estimate of drug-likeness (QED) is 0.357. The molecule has 0 unspecified atom stereocenters. The van der Waals surface area contributed by atoms with Crippen molar-refractivity contribution in [1.82, 2.24) is 29.3 Å². The van der Waals surface area contributed by atoms with E-state index < -0.39 is 0 Å². The summed E-state index contributed by atoms with van der Waals surface area (Å²) in [6.07, 6.45) is 8.93. The molecule has 0 bridgehead atoms. The first-order valence-electron chi connectivity index (χ1n) is 12.6. The maximum absolute atomic E-state index is 13.2. The van der Waals surface area contributed by atoms with Gasteiger partial charge in [-0.3, -0.25) is 24.2 Å². The van der Waals surface area contributed by atoms with Gasteiger partial charge in [-0.05, 0) is 18.4 Å². The molecule has 2 aliphatic rings. The highest BCUT2D eigenvalue weighted by Crippen LogP contribution is 2.31. The summed E-state index contributed by atoms with van der Waals surface area (Å²) < 4.78 is 8.90. The molecule has 11 nitrogen and oxygen atoms in total. The Hall–Kier alpha value is -3.61. The highest BCUT2D eigenvalue weighted by Gasteiger charge is 2.34. The van der Waals surface area contributed by atoms with E-state index in [-0.39, 0.29) is 17.2 Å². The van der Waals surface area contributed by atoms with Crippen LogP contribution in [-0.2, 0) is 16.1 Å². The van der Waals surface area contributed by atoms with Gasteiger partial charge in [0.2, 0.25) is 5.91 Å². The molecule has 38 heavy (non-hydrogen) atoms. The number of pyridine rings is 1. The lowest BCUT2D eigenvalue weighted by Gasteiger charge is -2.45. The number of amides is 2. The molecule has 0 radical (unpaired) electrons. The van der Waals surface area contributed by atoms with Crippen molar-refractivity contribution in [3.05, 3.63) is 48.3 Å². The molecule has 0 spiro atoms. The second-order valence-corrected chi connectivity index (χ2v) is 12.0. The third-order valence-corrected chi connectivity index (χ3v) is 7.96. The second-order valence-electron chi connectivity index (χ2n) is 10.9. The number of aromatic nitrogens is 5. The number of ether oxygens (including phenoxy) is 1. The van der Waals surface area contributed by atoms with Gasteiger partial charge in [0.25, 0.3) is 5.91 Å². The predicted octanol–water partition coefficient (Wildman–Crippen LogP) is 3.14. The van der Waals surface area contributed by atoms with Crippen molar-refractivity contribution >= 4 is 39.4 Å². The van der Waals surface area contributed by atoms with Gasteiger partial charge in [0.05, 0.1) is 65.9 Å². The minimum Gasteiger partial charge on any atom is -0.381 e. The Balaban J connectivity index is 1.13. The summed E-state index contributed by atoms with van der Waals surface area (Å²) >= 11 is 1.49. The number of carbonyl (C=O) groups is 2. The van der Waals surface area contributed by atoms with Crippen LogP contribution in [0.25, 0.3) is 15.3 Å². The van der Waals surface area contributed by atoms with E-state index in [1.807, 2.05) is 30.2 Å². The van der Waals surface area contributed by atoms with Crippen molar-refractivity contribution in [3.63, 3.8) is 0 Å². The highest BCUT2D eigenvalue weighted by molar-refractivity contribution is 7.21. The van der Waals surface area contributed by atoms with Crippen molar-refractivity contribution in [2.24, 2.45) is 11.3 Å². The number of nitrogens with one attached hydrogen (secondary N) is 2. The summed E-state index contributed by atoms with van der Waals surface area (Å²) in [6, 6.07) is 1.74. The Morgan fingerprint density at radius 2 is 1.95 bits per heavy atom. The fourth-order valence-electron chi connectivity index (χ4n) is 4.92. The lowest BCUT2D eigenvalue weighted by molar-refractivity contribution is -0.120. The maximum Gasteiger partial charge on any atom is 0.260 e. The third kappa shape index (κ3) is 5.06. The molecular formula is C26H30N8O3S. The van der Waals surface area contributed by atoms with Crippen LogP contribution in [0.2, 0.25) is 0 Å². The Labute approximate surface area is 223 Å². The number of carbonyl (C=O) groups excluding carboxylic acids is 2. The summed E-state index contributed by atoms with van der Waals surface area (Å²) in [5.41, 5.74) is 3.45. The lowest BCUT2D eigenvalue weighted by atomic mass is 9.84. The van der Waals surface area contributed by atoms with Crippen LogP contribution in [0.1, 0.15) is 29.9 Å². The zero-order chi connectivity index (χ0) is 26.4. The second kappa shape index (κ2) is 9.61. The van der Waals surface area contributed by atoms with Gasteiger partial charge in [-0.15, -0.1) is 11.3 Å². The van der Waals surface area contributed by atoms with Crippen LogP contribution >= 0.6 is 11.3 Å². The number of likely N-dealkylation sites (tertiary alicyclic amines) is 1. The molecule has 4 aromatic heterocycles. The first kappa shape index (κ1) is 24.7. The molecule has 2 saturated heterocycles. The molecule has 4 aromatic rings. The zero-order valence-electron chi connectivity index (χ0n) is 21.6. The van der Waals surface area contributed by atoms with Crippen molar-refractivity contribution in [3.8, 4) is 10.4 Å². The molecule has 2 N–H and O–H groups in total. The molecule has 2 aliphatic heterocycles. The molecule has 0 atom stereocenters. The van der Waals surface area contributed by atoms with Crippen LogP contribution < -0.4 is 10.6 Å². The van der Waals surface area contributed by atoms with Crippen LogP contribution in [0, 0.1) is 18.3 Å². The van der Waals surface area contributed by atoms with E-state index in [2.05, 4.69) is 44.6 Å². The number of fused-ring (bicyclic) bond motifs is 1. The van der Waals surface area contributed by atoms with Crippen molar-refractivity contribution in [2.75, 3.05) is 43.5 Å². The van der Waals surface area contributed by atoms with Crippen molar-refractivity contribution in [1.29, 1.82) is 0 Å². The monoisotopic (exact) mass is 534 g/mol. The molecular weight excluding hydrogens is 504 g/mol.